The van der Waals surface area contributed by atoms with Gasteiger partial charge in [-0.25, -0.2) is 4.68 Å². The zero-order chi connectivity index (χ0) is 19.5. The molecule has 2 amide bonds. The quantitative estimate of drug-likeness (QED) is 0.829. The van der Waals surface area contributed by atoms with Crippen LogP contribution in [0, 0.1) is 5.92 Å². The molecule has 1 saturated heterocycles. The first kappa shape index (κ1) is 18.6. The van der Waals surface area contributed by atoms with Crippen molar-refractivity contribution in [3.63, 3.8) is 0 Å². The molecule has 1 N–H and O–H groups in total. The first-order valence-corrected chi connectivity index (χ1v) is 10.1. The van der Waals surface area contributed by atoms with Crippen molar-refractivity contribution in [3.05, 3.63) is 24.3 Å². The fourth-order valence-electron chi connectivity index (χ4n) is 3.66. The lowest BCUT2D eigenvalue weighted by atomic mass is 9.95. The highest BCUT2D eigenvalue weighted by Crippen LogP contribution is 2.36. The second-order valence-corrected chi connectivity index (χ2v) is 7.65. The van der Waals surface area contributed by atoms with Gasteiger partial charge in [-0.2, -0.15) is 0 Å². The topological polar surface area (TPSA) is 93.0 Å². The Morgan fingerprint density at radius 2 is 1.82 bits per heavy atom. The number of nitrogens with one attached hydrogen (secondary N) is 1. The van der Waals surface area contributed by atoms with Crippen molar-refractivity contribution in [1.82, 2.24) is 25.1 Å². The summed E-state index contributed by atoms with van der Waals surface area (Å²) in [6.07, 6.45) is 5.13. The highest BCUT2D eigenvalue weighted by atomic mass is 16.2. The van der Waals surface area contributed by atoms with Gasteiger partial charge in [0.1, 0.15) is 0 Å². The molecule has 1 aromatic carbocycles. The normalized spacial score (nSPS) is 17.5. The summed E-state index contributed by atoms with van der Waals surface area (Å²) in [5, 5.41) is 15.0. The Hall–Kier alpha value is -2.77. The van der Waals surface area contributed by atoms with Crippen LogP contribution in [-0.2, 0) is 9.59 Å². The van der Waals surface area contributed by atoms with Crippen molar-refractivity contribution < 1.29 is 9.59 Å². The number of hydrogen-bond donors (Lipinski definition) is 1. The number of carbonyl (C=O) groups excluding carboxylic acids is 2. The Balaban J connectivity index is 1.33. The number of hydrogen-bond acceptors (Lipinski definition) is 5. The summed E-state index contributed by atoms with van der Waals surface area (Å²) >= 11 is 0. The molecule has 0 bridgehead atoms. The second kappa shape index (κ2) is 8.08. The molecule has 0 unspecified atom stereocenters. The molecule has 28 heavy (non-hydrogen) atoms. The van der Waals surface area contributed by atoms with Crippen molar-refractivity contribution in [2.24, 2.45) is 5.92 Å². The minimum absolute atomic E-state index is 0.0261. The maximum absolute atomic E-state index is 12.6. The molecule has 148 valence electrons. The van der Waals surface area contributed by atoms with E-state index in [9.17, 15) is 9.59 Å². The van der Waals surface area contributed by atoms with Gasteiger partial charge in [-0.05, 0) is 66.8 Å². The molecule has 1 aliphatic heterocycles. The van der Waals surface area contributed by atoms with E-state index in [1.807, 2.05) is 40.8 Å². The smallest absolute Gasteiger partial charge is 0.227 e. The number of carbonyl (C=O) groups is 2. The lowest BCUT2D eigenvalue weighted by Gasteiger charge is -2.31. The van der Waals surface area contributed by atoms with Crippen LogP contribution >= 0.6 is 0 Å². The molecule has 1 aromatic heterocycles. The number of piperidine rings is 1. The van der Waals surface area contributed by atoms with E-state index in [0.29, 0.717) is 25.6 Å². The predicted molar refractivity (Wildman–Crippen MR) is 104 cm³/mol. The van der Waals surface area contributed by atoms with Crippen molar-refractivity contribution in [2.45, 2.75) is 51.5 Å². The number of amides is 2. The molecule has 0 spiro atoms. The van der Waals surface area contributed by atoms with Crippen LogP contribution in [-0.4, -0.2) is 50.0 Å². The van der Waals surface area contributed by atoms with Crippen LogP contribution in [0.2, 0.25) is 0 Å². The molecule has 1 aliphatic carbocycles. The number of rotatable bonds is 6. The minimum atomic E-state index is -0.0486. The fraction of sp³-hybridized carbons (Fsp3) is 0.550. The molecule has 2 fully saturated rings. The molecule has 2 heterocycles. The fourth-order valence-corrected chi connectivity index (χ4v) is 3.66. The molecule has 8 heteroatoms. The summed E-state index contributed by atoms with van der Waals surface area (Å²) in [4.78, 5) is 26.4. The Morgan fingerprint density at radius 1 is 1.11 bits per heavy atom. The van der Waals surface area contributed by atoms with Crippen molar-refractivity contribution >= 4 is 17.5 Å². The molecule has 1 saturated carbocycles. The first-order valence-electron chi connectivity index (χ1n) is 10.1. The molecule has 2 aromatic rings. The number of anilines is 1. The average Bonchev–Trinajstić information content (AvgIpc) is 3.45. The van der Waals surface area contributed by atoms with Gasteiger partial charge >= 0.3 is 0 Å². The maximum Gasteiger partial charge on any atom is 0.227 e. The number of benzene rings is 1. The SMILES string of the molecule is CCCC(=O)N1CCC(C(=O)Nc2ccc(-c3nnnn3C3CC3)cc2)CC1. The van der Waals surface area contributed by atoms with Gasteiger partial charge in [0.25, 0.3) is 0 Å². The van der Waals surface area contributed by atoms with Crippen LogP contribution in [0.1, 0.15) is 51.5 Å². The van der Waals surface area contributed by atoms with E-state index in [1.54, 1.807) is 0 Å². The van der Waals surface area contributed by atoms with E-state index in [2.05, 4.69) is 20.8 Å². The van der Waals surface area contributed by atoms with Crippen LogP contribution in [0.4, 0.5) is 5.69 Å². The standard InChI is InChI=1S/C20H26N6O2/c1-2-3-18(27)25-12-10-15(11-13-25)20(28)21-16-6-4-14(5-7-16)19-22-23-24-26(19)17-8-9-17/h4-7,15,17H,2-3,8-13H2,1H3,(H,21,28). The van der Waals surface area contributed by atoms with Gasteiger partial charge in [0, 0.05) is 36.7 Å². The van der Waals surface area contributed by atoms with Crippen molar-refractivity contribution in [2.75, 3.05) is 18.4 Å². The maximum atomic E-state index is 12.6. The highest BCUT2D eigenvalue weighted by molar-refractivity contribution is 5.93. The molecular weight excluding hydrogens is 356 g/mol. The van der Waals surface area contributed by atoms with Crippen molar-refractivity contribution in [3.8, 4) is 11.4 Å². The minimum Gasteiger partial charge on any atom is -0.343 e. The number of aromatic nitrogens is 4. The zero-order valence-corrected chi connectivity index (χ0v) is 16.2. The number of nitrogens with zero attached hydrogens (tertiary/aromatic N) is 5. The van der Waals surface area contributed by atoms with E-state index >= 15 is 0 Å². The van der Waals surface area contributed by atoms with Gasteiger partial charge in [-0.1, -0.05) is 6.92 Å². The van der Waals surface area contributed by atoms with Crippen LogP contribution < -0.4 is 5.32 Å². The summed E-state index contributed by atoms with van der Waals surface area (Å²) < 4.78 is 1.88. The Morgan fingerprint density at radius 3 is 2.46 bits per heavy atom. The van der Waals surface area contributed by atoms with Gasteiger partial charge in [0.15, 0.2) is 5.82 Å². The molecule has 4 rings (SSSR count). The monoisotopic (exact) mass is 382 g/mol. The Kier molecular flexibility index (Phi) is 5.36. The third-order valence-corrected chi connectivity index (χ3v) is 5.48. The molecule has 2 aliphatic rings. The van der Waals surface area contributed by atoms with Crippen molar-refractivity contribution in [1.29, 1.82) is 0 Å². The van der Waals surface area contributed by atoms with Crippen LogP contribution in [0.25, 0.3) is 11.4 Å². The molecule has 0 radical (unpaired) electrons. The molecule has 8 nitrogen and oxygen atoms in total. The van der Waals surface area contributed by atoms with E-state index < -0.39 is 0 Å². The van der Waals surface area contributed by atoms with E-state index in [1.165, 1.54) is 0 Å². The highest BCUT2D eigenvalue weighted by Gasteiger charge is 2.29. The summed E-state index contributed by atoms with van der Waals surface area (Å²) in [7, 11) is 0. The first-order chi connectivity index (χ1) is 13.7. The summed E-state index contributed by atoms with van der Waals surface area (Å²) in [6.45, 7) is 3.34. The predicted octanol–water partition coefficient (Wildman–Crippen LogP) is 2.65. The second-order valence-electron chi connectivity index (χ2n) is 7.65. The van der Waals surface area contributed by atoms with Gasteiger partial charge in [0.2, 0.25) is 11.8 Å². The lowest BCUT2D eigenvalue weighted by Crippen LogP contribution is -2.41. The lowest BCUT2D eigenvalue weighted by molar-refractivity contribution is -0.134. The summed E-state index contributed by atoms with van der Waals surface area (Å²) in [5.41, 5.74) is 1.71. The molecule has 0 atom stereocenters. The Labute approximate surface area is 164 Å². The van der Waals surface area contributed by atoms with Gasteiger partial charge in [0.05, 0.1) is 6.04 Å². The largest absolute Gasteiger partial charge is 0.343 e. The third kappa shape index (κ3) is 4.05. The van der Waals surface area contributed by atoms with Gasteiger partial charge in [-0.3, -0.25) is 9.59 Å². The van der Waals surface area contributed by atoms with Crippen LogP contribution in [0.3, 0.4) is 0 Å². The Bertz CT molecular complexity index is 835. The van der Waals surface area contributed by atoms with E-state index in [4.69, 9.17) is 0 Å². The average molecular weight is 382 g/mol. The third-order valence-electron chi connectivity index (χ3n) is 5.48. The van der Waals surface area contributed by atoms with Gasteiger partial charge < -0.3 is 10.2 Å². The summed E-state index contributed by atoms with van der Waals surface area (Å²) in [5.74, 6) is 0.945. The van der Waals surface area contributed by atoms with Gasteiger partial charge in [-0.15, -0.1) is 5.10 Å². The van der Waals surface area contributed by atoms with E-state index in [0.717, 1.165) is 49.2 Å². The van der Waals surface area contributed by atoms with E-state index in [-0.39, 0.29) is 17.7 Å². The number of likely N-dealkylation sites (tertiary alicyclic amines) is 1. The molecular formula is C20H26N6O2. The summed E-state index contributed by atoms with van der Waals surface area (Å²) in [6, 6.07) is 8.07. The zero-order valence-electron chi connectivity index (χ0n) is 16.2. The number of tetrazole rings is 1. The van der Waals surface area contributed by atoms with Crippen LogP contribution in [0.5, 0.6) is 0 Å². The van der Waals surface area contributed by atoms with Crippen LogP contribution in [0.15, 0.2) is 24.3 Å².